The van der Waals surface area contributed by atoms with Gasteiger partial charge < -0.3 is 15.7 Å². The lowest BCUT2D eigenvalue weighted by molar-refractivity contribution is 0.0930. The molecular weight excluding hydrogens is 284 g/mol. The molecular formula is C13H19ClN2O2S. The van der Waals surface area contributed by atoms with Gasteiger partial charge in [-0.15, -0.1) is 23.7 Å². The summed E-state index contributed by atoms with van der Waals surface area (Å²) in [7, 11) is 0. The highest BCUT2D eigenvalue weighted by atomic mass is 35.5. The Morgan fingerprint density at radius 3 is 2.89 bits per heavy atom. The summed E-state index contributed by atoms with van der Waals surface area (Å²) in [5.74, 6) is 0.764. The number of rotatable bonds is 4. The minimum absolute atomic E-state index is 0. The number of aliphatic hydroxyl groups excluding tert-OH is 1. The molecule has 0 aromatic carbocycles. The zero-order valence-electron chi connectivity index (χ0n) is 10.6. The van der Waals surface area contributed by atoms with Gasteiger partial charge >= 0.3 is 0 Å². The van der Waals surface area contributed by atoms with Crippen molar-refractivity contribution in [1.82, 2.24) is 10.6 Å². The number of hydrogen-bond acceptors (Lipinski definition) is 4. The summed E-state index contributed by atoms with van der Waals surface area (Å²) in [6.45, 7) is 1.96. The van der Waals surface area contributed by atoms with Gasteiger partial charge in [0.25, 0.3) is 5.91 Å². The fourth-order valence-corrected chi connectivity index (χ4v) is 3.35. The van der Waals surface area contributed by atoms with Crippen molar-refractivity contribution in [2.45, 2.75) is 24.9 Å². The third-order valence-corrected chi connectivity index (χ3v) is 4.68. The standard InChI is InChI=1S/C13H18N2O2S.ClH/c16-11-7-14-5-9(11)6-15-13(17)12-10(3-4-18-12)8-1-2-8;/h3-4,8-9,11,14,16H,1-2,5-7H2,(H,15,17);1H. The topological polar surface area (TPSA) is 61.4 Å². The Kier molecular flexibility index (Phi) is 4.84. The molecule has 0 radical (unpaired) electrons. The van der Waals surface area contributed by atoms with Crippen LogP contribution in [0.4, 0.5) is 0 Å². The molecule has 3 rings (SSSR count). The van der Waals surface area contributed by atoms with Crippen LogP contribution in [-0.4, -0.2) is 36.8 Å². The summed E-state index contributed by atoms with van der Waals surface area (Å²) in [6.07, 6.45) is 2.08. The summed E-state index contributed by atoms with van der Waals surface area (Å²) in [4.78, 5) is 13.0. The summed E-state index contributed by atoms with van der Waals surface area (Å²) >= 11 is 1.52. The zero-order valence-corrected chi connectivity index (χ0v) is 12.2. The fourth-order valence-electron chi connectivity index (χ4n) is 2.45. The van der Waals surface area contributed by atoms with E-state index in [0.717, 1.165) is 11.4 Å². The lowest BCUT2D eigenvalue weighted by Gasteiger charge is -2.14. The van der Waals surface area contributed by atoms with E-state index in [2.05, 4.69) is 16.7 Å². The largest absolute Gasteiger partial charge is 0.391 e. The second-order valence-electron chi connectivity index (χ2n) is 5.18. The molecule has 2 atom stereocenters. The summed E-state index contributed by atoms with van der Waals surface area (Å²) in [6, 6.07) is 2.07. The number of amides is 1. The lowest BCUT2D eigenvalue weighted by Crippen LogP contribution is -2.34. The zero-order chi connectivity index (χ0) is 12.5. The van der Waals surface area contributed by atoms with E-state index in [-0.39, 0.29) is 30.3 Å². The van der Waals surface area contributed by atoms with Crippen molar-refractivity contribution in [3.05, 3.63) is 21.9 Å². The molecule has 4 nitrogen and oxygen atoms in total. The van der Waals surface area contributed by atoms with Gasteiger partial charge in [-0.3, -0.25) is 4.79 Å². The van der Waals surface area contributed by atoms with Crippen LogP contribution >= 0.6 is 23.7 Å². The Bertz CT molecular complexity index is 448. The van der Waals surface area contributed by atoms with Crippen molar-refractivity contribution >= 4 is 29.7 Å². The molecule has 2 unspecified atom stereocenters. The van der Waals surface area contributed by atoms with Gasteiger partial charge in [-0.1, -0.05) is 0 Å². The molecule has 3 N–H and O–H groups in total. The van der Waals surface area contributed by atoms with Crippen LogP contribution in [0.2, 0.25) is 0 Å². The average Bonchev–Trinajstić information content (AvgIpc) is 2.95. The van der Waals surface area contributed by atoms with E-state index in [1.807, 2.05) is 5.38 Å². The van der Waals surface area contributed by atoms with Gasteiger partial charge in [0.05, 0.1) is 11.0 Å². The Morgan fingerprint density at radius 2 is 2.26 bits per heavy atom. The second kappa shape index (κ2) is 6.22. The smallest absolute Gasteiger partial charge is 0.261 e. The highest BCUT2D eigenvalue weighted by molar-refractivity contribution is 7.12. The van der Waals surface area contributed by atoms with Crippen molar-refractivity contribution in [2.24, 2.45) is 5.92 Å². The molecule has 0 bridgehead atoms. The number of thiophene rings is 1. The Morgan fingerprint density at radius 1 is 1.47 bits per heavy atom. The second-order valence-corrected chi connectivity index (χ2v) is 6.09. The molecule has 1 aliphatic carbocycles. The van der Waals surface area contributed by atoms with Crippen LogP contribution in [0, 0.1) is 5.92 Å². The van der Waals surface area contributed by atoms with Crippen molar-refractivity contribution in [2.75, 3.05) is 19.6 Å². The number of β-amino-alcohol motifs (C(OH)–C–C–N with tert-alkyl or cyclic N) is 1. The number of hydrogen-bond donors (Lipinski definition) is 3. The van der Waals surface area contributed by atoms with Gasteiger partial charge in [-0.2, -0.15) is 0 Å². The Labute approximate surface area is 123 Å². The number of carbonyl (C=O) groups excluding carboxylic acids is 1. The van der Waals surface area contributed by atoms with Crippen LogP contribution < -0.4 is 10.6 Å². The maximum atomic E-state index is 12.1. The lowest BCUT2D eigenvalue weighted by atomic mass is 10.1. The molecule has 1 aromatic heterocycles. The Balaban J connectivity index is 0.00000133. The van der Waals surface area contributed by atoms with E-state index in [0.29, 0.717) is 19.0 Å². The van der Waals surface area contributed by atoms with Gasteiger partial charge in [0.15, 0.2) is 0 Å². The summed E-state index contributed by atoms with van der Waals surface area (Å²) < 4.78 is 0. The number of halogens is 1. The molecule has 1 amide bonds. The van der Waals surface area contributed by atoms with Gasteiger partial charge in [0.1, 0.15) is 0 Å². The molecule has 0 spiro atoms. The van der Waals surface area contributed by atoms with Crippen LogP contribution in [0.5, 0.6) is 0 Å². The first-order chi connectivity index (χ1) is 8.75. The minimum atomic E-state index is -0.337. The van der Waals surface area contributed by atoms with E-state index >= 15 is 0 Å². The van der Waals surface area contributed by atoms with E-state index in [1.54, 1.807) is 0 Å². The van der Waals surface area contributed by atoms with Crippen LogP contribution in [0.15, 0.2) is 11.4 Å². The molecule has 1 saturated carbocycles. The van der Waals surface area contributed by atoms with Crippen LogP contribution in [0.25, 0.3) is 0 Å². The number of carbonyl (C=O) groups is 1. The maximum Gasteiger partial charge on any atom is 0.261 e. The molecule has 1 aliphatic heterocycles. The normalized spacial score (nSPS) is 25.9. The van der Waals surface area contributed by atoms with Gasteiger partial charge in [-0.05, 0) is 35.8 Å². The molecule has 1 saturated heterocycles. The predicted molar refractivity (Wildman–Crippen MR) is 78.2 cm³/mol. The maximum absolute atomic E-state index is 12.1. The van der Waals surface area contributed by atoms with Crippen LogP contribution in [0.3, 0.4) is 0 Å². The number of nitrogens with one attached hydrogen (secondary N) is 2. The first-order valence-corrected chi connectivity index (χ1v) is 7.38. The highest BCUT2D eigenvalue weighted by Crippen LogP contribution is 2.43. The summed E-state index contributed by atoms with van der Waals surface area (Å²) in [5.41, 5.74) is 1.21. The SMILES string of the molecule is Cl.O=C(NCC1CNCC1O)c1sccc1C1CC1. The van der Waals surface area contributed by atoms with Crippen molar-refractivity contribution in [1.29, 1.82) is 0 Å². The van der Waals surface area contributed by atoms with Gasteiger partial charge in [-0.25, -0.2) is 0 Å². The third-order valence-electron chi connectivity index (χ3n) is 3.75. The minimum Gasteiger partial charge on any atom is -0.391 e. The van der Waals surface area contributed by atoms with Crippen molar-refractivity contribution in [3.8, 4) is 0 Å². The fraction of sp³-hybridized carbons (Fsp3) is 0.615. The Hall–Kier alpha value is -0.620. The van der Waals surface area contributed by atoms with E-state index < -0.39 is 0 Å². The van der Waals surface area contributed by atoms with Crippen LogP contribution in [-0.2, 0) is 0 Å². The van der Waals surface area contributed by atoms with E-state index in [9.17, 15) is 9.90 Å². The first-order valence-electron chi connectivity index (χ1n) is 6.50. The molecule has 1 aromatic rings. The molecule has 19 heavy (non-hydrogen) atoms. The highest BCUT2D eigenvalue weighted by Gasteiger charge is 2.30. The predicted octanol–water partition coefficient (Wildman–Crippen LogP) is 1.36. The van der Waals surface area contributed by atoms with Crippen molar-refractivity contribution in [3.63, 3.8) is 0 Å². The van der Waals surface area contributed by atoms with Crippen LogP contribution in [0.1, 0.15) is 34.0 Å². The van der Waals surface area contributed by atoms with E-state index in [1.165, 1.54) is 29.7 Å². The average molecular weight is 303 g/mol. The number of aliphatic hydroxyl groups is 1. The first kappa shape index (κ1) is 14.8. The van der Waals surface area contributed by atoms with Gasteiger partial charge in [0.2, 0.25) is 0 Å². The van der Waals surface area contributed by atoms with Crippen molar-refractivity contribution < 1.29 is 9.90 Å². The molecule has 2 heterocycles. The quantitative estimate of drug-likeness (QED) is 0.787. The van der Waals surface area contributed by atoms with E-state index in [4.69, 9.17) is 0 Å². The third kappa shape index (κ3) is 3.28. The molecule has 2 fully saturated rings. The van der Waals surface area contributed by atoms with Gasteiger partial charge in [0, 0.05) is 25.6 Å². The summed E-state index contributed by atoms with van der Waals surface area (Å²) in [5, 5.41) is 17.7. The monoisotopic (exact) mass is 302 g/mol. The molecule has 6 heteroatoms. The molecule has 2 aliphatic rings. The molecule has 106 valence electrons.